The fourth-order valence-corrected chi connectivity index (χ4v) is 3.15. The maximum absolute atomic E-state index is 13.0. The molecule has 0 aliphatic rings. The van der Waals surface area contributed by atoms with Crippen LogP contribution in [0.4, 0.5) is 4.39 Å². The summed E-state index contributed by atoms with van der Waals surface area (Å²) in [6.07, 6.45) is 1.21. The highest BCUT2D eigenvalue weighted by atomic mass is 127. The van der Waals surface area contributed by atoms with E-state index in [-0.39, 0.29) is 5.82 Å². The Morgan fingerprint density at radius 3 is 2.64 bits per heavy atom. The number of aromatic nitrogens is 3. The third-order valence-corrected chi connectivity index (χ3v) is 6.31. The zero-order valence-corrected chi connectivity index (χ0v) is 16.5. The molecule has 7 heteroatoms. The molecular formula is C15H21FIN3OSi. The first-order chi connectivity index (χ1) is 10.3. The summed E-state index contributed by atoms with van der Waals surface area (Å²) in [4.78, 5) is 8.66. The lowest BCUT2D eigenvalue weighted by Crippen LogP contribution is -2.22. The predicted molar refractivity (Wildman–Crippen MR) is 97.0 cm³/mol. The van der Waals surface area contributed by atoms with Crippen LogP contribution in [-0.2, 0) is 11.5 Å². The summed E-state index contributed by atoms with van der Waals surface area (Å²) in [6.45, 7) is 10.1. The van der Waals surface area contributed by atoms with Crippen molar-refractivity contribution in [1.29, 1.82) is 0 Å². The molecule has 0 bridgehead atoms. The molecule has 120 valence electrons. The second kappa shape index (κ2) is 7.18. The van der Waals surface area contributed by atoms with Gasteiger partial charge in [0, 0.05) is 14.7 Å². The monoisotopic (exact) mass is 433 g/mol. The number of halogens is 2. The molecule has 0 N–H and O–H groups in total. The minimum Gasteiger partial charge on any atom is -0.361 e. The fourth-order valence-electron chi connectivity index (χ4n) is 1.91. The van der Waals surface area contributed by atoms with Gasteiger partial charge in [-0.15, -0.1) is 0 Å². The number of hydrogen-bond donors (Lipinski definition) is 0. The summed E-state index contributed by atoms with van der Waals surface area (Å²) in [5.74, 6) is 0.370. The van der Waals surface area contributed by atoms with Crippen molar-refractivity contribution in [2.75, 3.05) is 6.61 Å². The van der Waals surface area contributed by atoms with Crippen LogP contribution in [0.5, 0.6) is 0 Å². The molecule has 0 radical (unpaired) electrons. The Bertz CT molecular complexity index is 637. The Kier molecular flexibility index (Phi) is 5.73. The predicted octanol–water partition coefficient (Wildman–Crippen LogP) is 4.31. The molecule has 0 aromatic carbocycles. The van der Waals surface area contributed by atoms with Crippen LogP contribution in [0, 0.1) is 16.4 Å². The van der Waals surface area contributed by atoms with Crippen LogP contribution in [0.25, 0.3) is 11.5 Å². The molecule has 2 rings (SSSR count). The third kappa shape index (κ3) is 4.59. The van der Waals surface area contributed by atoms with Crippen molar-refractivity contribution in [3.63, 3.8) is 0 Å². The lowest BCUT2D eigenvalue weighted by molar-refractivity contribution is 0.0866. The molecule has 0 fully saturated rings. The summed E-state index contributed by atoms with van der Waals surface area (Å²) in [6, 6.07) is 4.17. The average molecular weight is 433 g/mol. The lowest BCUT2D eigenvalue weighted by atomic mass is 10.3. The largest absolute Gasteiger partial charge is 0.361 e. The van der Waals surface area contributed by atoms with Gasteiger partial charge in [0.15, 0.2) is 5.82 Å². The van der Waals surface area contributed by atoms with Crippen molar-refractivity contribution in [3.05, 3.63) is 33.5 Å². The Morgan fingerprint density at radius 1 is 1.32 bits per heavy atom. The van der Waals surface area contributed by atoms with Crippen molar-refractivity contribution in [2.24, 2.45) is 0 Å². The molecule has 0 amide bonds. The van der Waals surface area contributed by atoms with Gasteiger partial charge < -0.3 is 4.74 Å². The van der Waals surface area contributed by atoms with Crippen LogP contribution in [0.2, 0.25) is 25.7 Å². The molecule has 0 saturated carbocycles. The van der Waals surface area contributed by atoms with Crippen molar-refractivity contribution in [3.8, 4) is 11.5 Å². The fraction of sp³-hybridized carbons (Fsp3) is 0.467. The van der Waals surface area contributed by atoms with E-state index in [0.717, 1.165) is 27.9 Å². The second-order valence-electron chi connectivity index (χ2n) is 6.45. The number of aryl methyl sites for hydroxylation is 1. The molecule has 2 aromatic heterocycles. The lowest BCUT2D eigenvalue weighted by Gasteiger charge is -2.16. The van der Waals surface area contributed by atoms with Gasteiger partial charge in [-0.05, 0) is 47.7 Å². The smallest absolute Gasteiger partial charge is 0.161 e. The number of ether oxygens (including phenoxy) is 1. The second-order valence-corrected chi connectivity index (χ2v) is 13.1. The molecule has 0 aliphatic carbocycles. The minimum atomic E-state index is -1.09. The molecule has 2 heterocycles. The number of pyridine rings is 1. The molecule has 0 atom stereocenters. The number of hydrogen-bond acceptors (Lipinski definition) is 3. The molecule has 0 unspecified atom stereocenters. The quantitative estimate of drug-likeness (QED) is 0.387. The van der Waals surface area contributed by atoms with Gasteiger partial charge in [-0.2, -0.15) is 0 Å². The van der Waals surface area contributed by atoms with Crippen LogP contribution in [0.15, 0.2) is 18.3 Å². The standard InChI is InChI=1S/C15H21FIN3OSi/c1-11-14(17)20(10-21-7-8-22(2,3)4)15(19-11)13-6-5-12(16)9-18-13/h5-6,9H,7-8,10H2,1-4H3. The Morgan fingerprint density at radius 2 is 2.05 bits per heavy atom. The highest BCUT2D eigenvalue weighted by molar-refractivity contribution is 14.1. The third-order valence-electron chi connectivity index (χ3n) is 3.24. The van der Waals surface area contributed by atoms with E-state index in [1.54, 1.807) is 6.07 Å². The van der Waals surface area contributed by atoms with E-state index in [0.29, 0.717) is 12.4 Å². The number of rotatable bonds is 6. The average Bonchev–Trinajstić information content (AvgIpc) is 2.71. The zero-order valence-electron chi connectivity index (χ0n) is 13.4. The normalized spacial score (nSPS) is 11.9. The van der Waals surface area contributed by atoms with Crippen LogP contribution >= 0.6 is 22.6 Å². The summed E-state index contributed by atoms with van der Waals surface area (Å²) < 4.78 is 21.9. The highest BCUT2D eigenvalue weighted by Gasteiger charge is 2.16. The first-order valence-corrected chi connectivity index (χ1v) is 12.0. The van der Waals surface area contributed by atoms with Crippen molar-refractivity contribution in [1.82, 2.24) is 14.5 Å². The molecule has 2 aromatic rings. The molecule has 4 nitrogen and oxygen atoms in total. The first kappa shape index (κ1) is 17.5. The van der Waals surface area contributed by atoms with Gasteiger partial charge in [0.05, 0.1) is 11.9 Å². The summed E-state index contributed by atoms with van der Waals surface area (Å²) >= 11 is 2.25. The van der Waals surface area contributed by atoms with E-state index in [4.69, 9.17) is 4.74 Å². The van der Waals surface area contributed by atoms with E-state index < -0.39 is 8.07 Å². The van der Waals surface area contributed by atoms with E-state index in [9.17, 15) is 4.39 Å². The van der Waals surface area contributed by atoms with Crippen LogP contribution < -0.4 is 0 Å². The van der Waals surface area contributed by atoms with Gasteiger partial charge >= 0.3 is 0 Å². The topological polar surface area (TPSA) is 39.9 Å². The van der Waals surface area contributed by atoms with Crippen LogP contribution in [0.3, 0.4) is 0 Å². The maximum Gasteiger partial charge on any atom is 0.161 e. The van der Waals surface area contributed by atoms with Gasteiger partial charge in [-0.3, -0.25) is 4.57 Å². The SMILES string of the molecule is Cc1nc(-c2ccc(F)cn2)n(COCC[Si](C)(C)C)c1I. The maximum atomic E-state index is 13.0. The molecule has 22 heavy (non-hydrogen) atoms. The number of imidazole rings is 1. The Hall–Kier alpha value is -0.803. The van der Waals surface area contributed by atoms with Crippen molar-refractivity contribution >= 4 is 30.7 Å². The van der Waals surface area contributed by atoms with Gasteiger partial charge in [-0.1, -0.05) is 19.6 Å². The van der Waals surface area contributed by atoms with Gasteiger partial charge in [0.1, 0.15) is 21.9 Å². The van der Waals surface area contributed by atoms with E-state index in [1.807, 2.05) is 11.5 Å². The molecule has 0 spiro atoms. The van der Waals surface area contributed by atoms with E-state index in [1.165, 1.54) is 12.3 Å². The van der Waals surface area contributed by atoms with E-state index in [2.05, 4.69) is 52.2 Å². The Balaban J connectivity index is 2.15. The Labute approximate surface area is 145 Å². The first-order valence-electron chi connectivity index (χ1n) is 7.20. The van der Waals surface area contributed by atoms with E-state index >= 15 is 0 Å². The summed E-state index contributed by atoms with van der Waals surface area (Å²) in [5.41, 5.74) is 1.58. The minimum absolute atomic E-state index is 0.348. The van der Waals surface area contributed by atoms with Crippen LogP contribution in [0.1, 0.15) is 5.69 Å². The molecule has 0 aliphatic heterocycles. The van der Waals surface area contributed by atoms with Gasteiger partial charge in [0.2, 0.25) is 0 Å². The summed E-state index contributed by atoms with van der Waals surface area (Å²) in [7, 11) is -1.09. The van der Waals surface area contributed by atoms with Crippen molar-refractivity contribution < 1.29 is 9.13 Å². The van der Waals surface area contributed by atoms with Gasteiger partial charge in [-0.25, -0.2) is 14.4 Å². The highest BCUT2D eigenvalue weighted by Crippen LogP contribution is 2.22. The number of nitrogens with zero attached hydrogens (tertiary/aromatic N) is 3. The molecular weight excluding hydrogens is 412 g/mol. The summed E-state index contributed by atoms with van der Waals surface area (Å²) in [5, 5.41) is 0. The molecule has 0 saturated heterocycles. The van der Waals surface area contributed by atoms with Crippen LogP contribution in [-0.4, -0.2) is 29.2 Å². The zero-order chi connectivity index (χ0) is 16.3. The van der Waals surface area contributed by atoms with Crippen molar-refractivity contribution in [2.45, 2.75) is 39.3 Å². The van der Waals surface area contributed by atoms with Gasteiger partial charge in [0.25, 0.3) is 0 Å².